The molecule has 0 aliphatic carbocycles. The van der Waals surface area contributed by atoms with Gasteiger partial charge in [-0.2, -0.15) is 0 Å². The molecule has 0 amide bonds. The minimum Gasteiger partial charge on any atom is -0.490 e. The van der Waals surface area contributed by atoms with Crippen LogP contribution in [0.1, 0.15) is 13.3 Å². The van der Waals surface area contributed by atoms with Crippen molar-refractivity contribution < 1.29 is 14.3 Å². The molecule has 0 aromatic heterocycles. The zero-order valence-corrected chi connectivity index (χ0v) is 9.45. The van der Waals surface area contributed by atoms with Gasteiger partial charge in [0.15, 0.2) is 0 Å². The number of methoxy groups -OCH3 is 1. The van der Waals surface area contributed by atoms with Crippen molar-refractivity contribution in [3.05, 3.63) is 29.3 Å². The predicted octanol–water partition coefficient (Wildman–Crippen LogP) is 2.67. The molecular weight excluding hydrogens is 216 g/mol. The van der Waals surface area contributed by atoms with E-state index in [0.717, 1.165) is 0 Å². The summed E-state index contributed by atoms with van der Waals surface area (Å²) >= 11 is 5.79. The fraction of sp³-hybridized carbons (Fsp3) is 0.364. The molecular formula is C11H13ClO3. The summed E-state index contributed by atoms with van der Waals surface area (Å²) in [6.45, 7) is 1.80. The van der Waals surface area contributed by atoms with Crippen molar-refractivity contribution in [3.8, 4) is 5.75 Å². The fourth-order valence-corrected chi connectivity index (χ4v) is 1.31. The SMILES string of the molecule is COC(=O)CC(C)Oc1cccc(Cl)c1. The Labute approximate surface area is 93.9 Å². The Kier molecular flexibility index (Phi) is 4.43. The van der Waals surface area contributed by atoms with Crippen molar-refractivity contribution in [2.75, 3.05) is 7.11 Å². The summed E-state index contributed by atoms with van der Waals surface area (Å²) in [6, 6.07) is 7.05. The van der Waals surface area contributed by atoms with Crippen molar-refractivity contribution in [3.63, 3.8) is 0 Å². The van der Waals surface area contributed by atoms with Crippen molar-refractivity contribution in [2.24, 2.45) is 0 Å². The van der Waals surface area contributed by atoms with Gasteiger partial charge in [0.05, 0.1) is 13.5 Å². The smallest absolute Gasteiger partial charge is 0.309 e. The topological polar surface area (TPSA) is 35.5 Å². The minimum atomic E-state index is -0.287. The number of hydrogen-bond acceptors (Lipinski definition) is 3. The lowest BCUT2D eigenvalue weighted by Crippen LogP contribution is -2.17. The van der Waals surface area contributed by atoms with Crippen LogP contribution in [-0.2, 0) is 9.53 Å². The Morgan fingerprint density at radius 3 is 2.87 bits per heavy atom. The molecule has 15 heavy (non-hydrogen) atoms. The van der Waals surface area contributed by atoms with Gasteiger partial charge in [0.25, 0.3) is 0 Å². The van der Waals surface area contributed by atoms with Crippen molar-refractivity contribution in [1.29, 1.82) is 0 Å². The number of benzene rings is 1. The third-order valence-electron chi connectivity index (χ3n) is 1.82. The van der Waals surface area contributed by atoms with Crippen LogP contribution in [-0.4, -0.2) is 19.2 Å². The van der Waals surface area contributed by atoms with E-state index < -0.39 is 0 Å². The Bertz CT molecular complexity index is 338. The molecule has 82 valence electrons. The average molecular weight is 229 g/mol. The van der Waals surface area contributed by atoms with E-state index in [1.165, 1.54) is 7.11 Å². The van der Waals surface area contributed by atoms with Gasteiger partial charge in [0.2, 0.25) is 0 Å². The van der Waals surface area contributed by atoms with Crippen molar-refractivity contribution >= 4 is 17.6 Å². The van der Waals surface area contributed by atoms with E-state index in [9.17, 15) is 4.79 Å². The molecule has 1 aromatic rings. The van der Waals surface area contributed by atoms with Crippen molar-refractivity contribution in [2.45, 2.75) is 19.4 Å². The van der Waals surface area contributed by atoms with E-state index in [2.05, 4.69) is 4.74 Å². The maximum absolute atomic E-state index is 11.0. The first-order valence-corrected chi connectivity index (χ1v) is 4.98. The summed E-state index contributed by atoms with van der Waals surface area (Å²) in [7, 11) is 1.36. The van der Waals surface area contributed by atoms with Crippen LogP contribution >= 0.6 is 11.6 Å². The summed E-state index contributed by atoms with van der Waals surface area (Å²) in [5.41, 5.74) is 0. The second-order valence-corrected chi connectivity index (χ2v) is 3.60. The number of hydrogen-bond donors (Lipinski definition) is 0. The van der Waals surface area contributed by atoms with Crippen LogP contribution in [0, 0.1) is 0 Å². The number of carbonyl (C=O) groups is 1. The first-order chi connectivity index (χ1) is 7.11. The van der Waals surface area contributed by atoms with Crippen LogP contribution in [0.2, 0.25) is 5.02 Å². The number of esters is 1. The number of carbonyl (C=O) groups excluding carboxylic acids is 1. The molecule has 0 spiro atoms. The molecule has 0 saturated heterocycles. The molecule has 0 saturated carbocycles. The Hall–Kier alpha value is -1.22. The zero-order chi connectivity index (χ0) is 11.3. The second kappa shape index (κ2) is 5.61. The maximum Gasteiger partial charge on any atom is 0.309 e. The molecule has 1 aromatic carbocycles. The van der Waals surface area contributed by atoms with Gasteiger partial charge in [-0.1, -0.05) is 17.7 Å². The van der Waals surface area contributed by atoms with Gasteiger partial charge in [-0.25, -0.2) is 0 Å². The van der Waals surface area contributed by atoms with Crippen LogP contribution in [0.15, 0.2) is 24.3 Å². The van der Waals surface area contributed by atoms with E-state index in [4.69, 9.17) is 16.3 Å². The standard InChI is InChI=1S/C11H13ClO3/c1-8(6-11(13)14-2)15-10-5-3-4-9(12)7-10/h3-5,7-8H,6H2,1-2H3. The number of ether oxygens (including phenoxy) is 2. The van der Waals surface area contributed by atoms with E-state index in [1.807, 2.05) is 0 Å². The normalized spacial score (nSPS) is 11.9. The minimum absolute atomic E-state index is 0.225. The molecule has 0 aliphatic heterocycles. The van der Waals surface area contributed by atoms with E-state index in [1.54, 1.807) is 31.2 Å². The third-order valence-corrected chi connectivity index (χ3v) is 2.05. The van der Waals surface area contributed by atoms with Crippen LogP contribution < -0.4 is 4.74 Å². The number of halogens is 1. The van der Waals surface area contributed by atoms with Crippen LogP contribution in [0.5, 0.6) is 5.75 Å². The molecule has 3 nitrogen and oxygen atoms in total. The van der Waals surface area contributed by atoms with Gasteiger partial charge >= 0.3 is 5.97 Å². The molecule has 0 fully saturated rings. The molecule has 0 heterocycles. The molecule has 1 atom stereocenters. The number of rotatable bonds is 4. The average Bonchev–Trinajstić information content (AvgIpc) is 2.17. The monoisotopic (exact) mass is 228 g/mol. The maximum atomic E-state index is 11.0. The Balaban J connectivity index is 2.51. The quantitative estimate of drug-likeness (QED) is 0.744. The molecule has 4 heteroatoms. The van der Waals surface area contributed by atoms with Crippen LogP contribution in [0.25, 0.3) is 0 Å². The highest BCUT2D eigenvalue weighted by Gasteiger charge is 2.10. The summed E-state index contributed by atoms with van der Waals surface area (Å²) in [5.74, 6) is 0.364. The Morgan fingerprint density at radius 2 is 2.27 bits per heavy atom. The highest BCUT2D eigenvalue weighted by Crippen LogP contribution is 2.18. The summed E-state index contributed by atoms with van der Waals surface area (Å²) in [6.07, 6.45) is -0.000791. The van der Waals surface area contributed by atoms with Gasteiger partial charge in [0, 0.05) is 5.02 Å². The molecule has 0 N–H and O–H groups in total. The molecule has 1 unspecified atom stereocenters. The van der Waals surface area contributed by atoms with Crippen LogP contribution in [0.3, 0.4) is 0 Å². The highest BCUT2D eigenvalue weighted by atomic mass is 35.5. The summed E-state index contributed by atoms with van der Waals surface area (Å²) < 4.78 is 10.0. The first kappa shape index (κ1) is 11.9. The summed E-state index contributed by atoms with van der Waals surface area (Å²) in [4.78, 5) is 11.0. The van der Waals surface area contributed by atoms with Gasteiger partial charge < -0.3 is 9.47 Å². The Morgan fingerprint density at radius 1 is 1.53 bits per heavy atom. The molecule has 0 bridgehead atoms. The van der Waals surface area contributed by atoms with Gasteiger partial charge in [-0.3, -0.25) is 4.79 Å². The zero-order valence-electron chi connectivity index (χ0n) is 8.70. The van der Waals surface area contributed by atoms with Crippen LogP contribution in [0.4, 0.5) is 0 Å². The third kappa shape index (κ3) is 4.21. The fourth-order valence-electron chi connectivity index (χ4n) is 1.13. The van der Waals surface area contributed by atoms with Gasteiger partial charge in [-0.15, -0.1) is 0 Å². The van der Waals surface area contributed by atoms with E-state index >= 15 is 0 Å². The van der Waals surface area contributed by atoms with E-state index in [-0.39, 0.29) is 18.5 Å². The molecule has 0 aliphatic rings. The highest BCUT2D eigenvalue weighted by molar-refractivity contribution is 6.30. The largest absolute Gasteiger partial charge is 0.490 e. The first-order valence-electron chi connectivity index (χ1n) is 4.61. The van der Waals surface area contributed by atoms with Gasteiger partial charge in [-0.05, 0) is 25.1 Å². The van der Waals surface area contributed by atoms with Gasteiger partial charge in [0.1, 0.15) is 11.9 Å². The lowest BCUT2D eigenvalue weighted by atomic mass is 10.3. The molecule has 1 rings (SSSR count). The molecule has 0 radical (unpaired) electrons. The lowest BCUT2D eigenvalue weighted by Gasteiger charge is -2.13. The van der Waals surface area contributed by atoms with E-state index in [0.29, 0.717) is 10.8 Å². The summed E-state index contributed by atoms with van der Waals surface area (Å²) in [5, 5.41) is 0.609. The predicted molar refractivity (Wildman–Crippen MR) is 58.2 cm³/mol. The van der Waals surface area contributed by atoms with Crippen molar-refractivity contribution in [1.82, 2.24) is 0 Å². The second-order valence-electron chi connectivity index (χ2n) is 3.17. The lowest BCUT2D eigenvalue weighted by molar-refractivity contribution is -0.142.